The molecule has 1 heterocycles. The van der Waals surface area contributed by atoms with Gasteiger partial charge in [-0.15, -0.1) is 0 Å². The minimum atomic E-state index is -0.478. The highest BCUT2D eigenvalue weighted by molar-refractivity contribution is 6.36. The smallest absolute Gasteiger partial charge is 0.143 e. The zero-order valence-corrected chi connectivity index (χ0v) is 11.3. The molecule has 90 valence electrons. The molecule has 0 atom stereocenters. The van der Waals surface area contributed by atoms with Crippen molar-refractivity contribution in [1.82, 2.24) is 4.98 Å². The average Bonchev–Trinajstić information content (AvgIpc) is 2.19. The van der Waals surface area contributed by atoms with E-state index in [2.05, 4.69) is 4.98 Å². The van der Waals surface area contributed by atoms with Crippen molar-refractivity contribution in [2.75, 3.05) is 0 Å². The highest BCUT2D eigenvalue weighted by Crippen LogP contribution is 2.31. The van der Waals surface area contributed by atoms with Crippen LogP contribution in [0.4, 0.5) is 4.39 Å². The number of rotatable bonds is 0. The van der Waals surface area contributed by atoms with E-state index in [1.807, 2.05) is 20.8 Å². The third kappa shape index (κ3) is 2.38. The molecule has 17 heavy (non-hydrogen) atoms. The molecule has 4 heteroatoms. The Morgan fingerprint density at radius 3 is 2.29 bits per heavy atom. The Kier molecular flexibility index (Phi) is 3.04. The van der Waals surface area contributed by atoms with Gasteiger partial charge in [-0.05, 0) is 12.1 Å². The van der Waals surface area contributed by atoms with Crippen LogP contribution in [0, 0.1) is 5.82 Å². The first kappa shape index (κ1) is 12.6. The summed E-state index contributed by atoms with van der Waals surface area (Å²) < 4.78 is 13.4. The van der Waals surface area contributed by atoms with Crippen molar-refractivity contribution in [3.8, 4) is 0 Å². The summed E-state index contributed by atoms with van der Waals surface area (Å²) in [5.41, 5.74) is 1.23. The van der Waals surface area contributed by atoms with Crippen molar-refractivity contribution in [3.05, 3.63) is 39.8 Å². The predicted molar refractivity (Wildman–Crippen MR) is 70.4 cm³/mol. The van der Waals surface area contributed by atoms with Gasteiger partial charge in [-0.1, -0.05) is 44.0 Å². The lowest BCUT2D eigenvalue weighted by molar-refractivity contribution is 0.571. The lowest BCUT2D eigenvalue weighted by Gasteiger charge is -2.18. The van der Waals surface area contributed by atoms with Gasteiger partial charge < -0.3 is 0 Å². The molecule has 0 amide bonds. The van der Waals surface area contributed by atoms with Crippen molar-refractivity contribution in [1.29, 1.82) is 0 Å². The normalized spacial score (nSPS) is 12.1. The number of halogens is 3. The average molecular weight is 272 g/mol. The summed E-state index contributed by atoms with van der Waals surface area (Å²) in [6.07, 6.45) is 0. The molecular weight excluding hydrogens is 260 g/mol. The second-order valence-electron chi connectivity index (χ2n) is 5.02. The Hall–Kier alpha value is -0.860. The maximum atomic E-state index is 13.4. The highest BCUT2D eigenvalue weighted by atomic mass is 35.5. The molecule has 0 unspecified atom stereocenters. The summed E-state index contributed by atoms with van der Waals surface area (Å²) in [6, 6.07) is 4.63. The fourth-order valence-electron chi connectivity index (χ4n) is 1.56. The molecule has 1 nitrogen and oxygen atoms in total. The molecule has 0 radical (unpaired) electrons. The van der Waals surface area contributed by atoms with Crippen LogP contribution >= 0.6 is 23.2 Å². The van der Waals surface area contributed by atoms with Crippen LogP contribution in [-0.4, -0.2) is 4.98 Å². The topological polar surface area (TPSA) is 12.9 Å². The second-order valence-corrected chi connectivity index (χ2v) is 5.84. The number of aromatic nitrogens is 1. The number of hydrogen-bond acceptors (Lipinski definition) is 1. The highest BCUT2D eigenvalue weighted by Gasteiger charge is 2.18. The van der Waals surface area contributed by atoms with Crippen LogP contribution in [0.5, 0.6) is 0 Å². The van der Waals surface area contributed by atoms with E-state index in [0.717, 1.165) is 5.69 Å². The van der Waals surface area contributed by atoms with Gasteiger partial charge in [-0.3, -0.25) is 4.98 Å². The van der Waals surface area contributed by atoms with Gasteiger partial charge in [-0.25, -0.2) is 4.39 Å². The van der Waals surface area contributed by atoms with Crippen molar-refractivity contribution < 1.29 is 4.39 Å². The van der Waals surface area contributed by atoms with E-state index in [1.165, 1.54) is 12.1 Å². The van der Waals surface area contributed by atoms with Gasteiger partial charge in [0, 0.05) is 22.6 Å². The SMILES string of the molecule is CC(C)(C)c1cc(Cl)c2cc(Cl)c(F)cc2n1. The van der Waals surface area contributed by atoms with E-state index in [1.54, 1.807) is 6.07 Å². The molecular formula is C13H12Cl2FN. The van der Waals surface area contributed by atoms with Gasteiger partial charge in [-0.2, -0.15) is 0 Å². The molecule has 1 aromatic carbocycles. The molecule has 0 aliphatic heterocycles. The van der Waals surface area contributed by atoms with Gasteiger partial charge in [0.05, 0.1) is 15.6 Å². The molecule has 1 aromatic heterocycles. The standard InChI is InChI=1S/C13H12Cl2FN/c1-13(2,3)12-5-8(14)7-4-9(15)10(16)6-11(7)17-12/h4-6H,1-3H3. The third-order valence-corrected chi connectivity index (χ3v) is 3.17. The lowest BCUT2D eigenvalue weighted by Crippen LogP contribution is -2.13. The predicted octanol–water partition coefficient (Wildman–Crippen LogP) is 4.98. The molecule has 0 aliphatic carbocycles. The van der Waals surface area contributed by atoms with E-state index in [-0.39, 0.29) is 10.4 Å². The van der Waals surface area contributed by atoms with Crippen LogP contribution in [0.3, 0.4) is 0 Å². The summed E-state index contributed by atoms with van der Waals surface area (Å²) in [6.45, 7) is 6.09. The van der Waals surface area contributed by atoms with Gasteiger partial charge in [0.25, 0.3) is 0 Å². The number of benzene rings is 1. The number of fused-ring (bicyclic) bond motifs is 1. The summed E-state index contributed by atoms with van der Waals surface area (Å²) in [5, 5.41) is 1.28. The molecule has 0 bridgehead atoms. The molecule has 0 spiro atoms. The van der Waals surface area contributed by atoms with Crippen LogP contribution in [0.15, 0.2) is 18.2 Å². The van der Waals surface area contributed by atoms with Gasteiger partial charge >= 0.3 is 0 Å². The van der Waals surface area contributed by atoms with Crippen LogP contribution in [-0.2, 0) is 5.41 Å². The van der Waals surface area contributed by atoms with Gasteiger partial charge in [0.2, 0.25) is 0 Å². The minimum absolute atomic E-state index is 0.0599. The Bertz CT molecular complexity index is 588. The second kappa shape index (κ2) is 4.11. The number of nitrogens with zero attached hydrogens (tertiary/aromatic N) is 1. The summed E-state index contributed by atoms with van der Waals surface area (Å²) in [7, 11) is 0. The van der Waals surface area contributed by atoms with Crippen molar-refractivity contribution >= 4 is 34.1 Å². The molecule has 2 aromatic rings. The Balaban J connectivity index is 2.78. The van der Waals surface area contributed by atoms with Crippen molar-refractivity contribution in [2.24, 2.45) is 0 Å². The maximum Gasteiger partial charge on any atom is 0.143 e. The molecule has 0 N–H and O–H groups in total. The molecule has 0 saturated heterocycles. The largest absolute Gasteiger partial charge is 0.252 e. The van der Waals surface area contributed by atoms with E-state index < -0.39 is 5.82 Å². The van der Waals surface area contributed by atoms with E-state index >= 15 is 0 Å². The fraction of sp³-hybridized carbons (Fsp3) is 0.308. The number of pyridine rings is 1. The maximum absolute atomic E-state index is 13.4. The summed E-state index contributed by atoms with van der Waals surface area (Å²) in [5.74, 6) is -0.478. The lowest BCUT2D eigenvalue weighted by atomic mass is 9.91. The van der Waals surface area contributed by atoms with Crippen LogP contribution in [0.1, 0.15) is 26.5 Å². The first-order valence-electron chi connectivity index (χ1n) is 5.25. The third-order valence-electron chi connectivity index (χ3n) is 2.57. The van der Waals surface area contributed by atoms with E-state index in [9.17, 15) is 4.39 Å². The Labute approximate surface area is 110 Å². The van der Waals surface area contributed by atoms with Crippen LogP contribution in [0.2, 0.25) is 10.0 Å². The molecule has 0 aliphatic rings. The molecule has 0 saturated carbocycles. The fourth-order valence-corrected chi connectivity index (χ4v) is 1.98. The van der Waals surface area contributed by atoms with Crippen LogP contribution in [0.25, 0.3) is 10.9 Å². The van der Waals surface area contributed by atoms with Gasteiger partial charge in [0.15, 0.2) is 0 Å². The first-order valence-corrected chi connectivity index (χ1v) is 6.00. The van der Waals surface area contributed by atoms with Crippen LogP contribution < -0.4 is 0 Å². The summed E-state index contributed by atoms with van der Waals surface area (Å²) in [4.78, 5) is 4.43. The zero-order chi connectivity index (χ0) is 12.8. The number of hydrogen-bond donors (Lipinski definition) is 0. The monoisotopic (exact) mass is 271 g/mol. The van der Waals surface area contributed by atoms with Crippen molar-refractivity contribution in [3.63, 3.8) is 0 Å². The van der Waals surface area contributed by atoms with E-state index in [0.29, 0.717) is 15.9 Å². The quantitative estimate of drug-likeness (QED) is 0.659. The van der Waals surface area contributed by atoms with Gasteiger partial charge in [0.1, 0.15) is 5.82 Å². The molecule has 2 rings (SSSR count). The molecule has 0 fully saturated rings. The minimum Gasteiger partial charge on any atom is -0.252 e. The Morgan fingerprint density at radius 1 is 1.06 bits per heavy atom. The first-order chi connectivity index (χ1) is 7.79. The summed E-state index contributed by atoms with van der Waals surface area (Å²) >= 11 is 11.9. The van der Waals surface area contributed by atoms with Crippen molar-refractivity contribution in [2.45, 2.75) is 26.2 Å². The zero-order valence-electron chi connectivity index (χ0n) is 9.81. The van der Waals surface area contributed by atoms with E-state index in [4.69, 9.17) is 23.2 Å². The Morgan fingerprint density at radius 2 is 1.71 bits per heavy atom.